The summed E-state index contributed by atoms with van der Waals surface area (Å²) in [6, 6.07) is 5.45. The number of hydrogen-bond donors (Lipinski definition) is 1. The summed E-state index contributed by atoms with van der Waals surface area (Å²) in [6.07, 6.45) is 0.0741. The van der Waals surface area contributed by atoms with Crippen LogP contribution in [0.15, 0.2) is 53.9 Å². The van der Waals surface area contributed by atoms with Crippen LogP contribution in [0.25, 0.3) is 16.6 Å². The standard InChI is InChI=1S/C19H17F3N6O3S/c1-3-31-15-5-4-12-9-24-27(2)18(12)17(15)26-32(29,30)14-10-25-28(11-14)13-6-7-23-16(8-13)19(20,21)22/h4-11,26H,3H2,1-2H3. The Kier molecular flexibility index (Phi) is 5.28. The third-order valence-corrected chi connectivity index (χ3v) is 5.87. The number of pyridine rings is 1. The second-order valence-corrected chi connectivity index (χ2v) is 8.38. The third kappa shape index (κ3) is 3.98. The van der Waals surface area contributed by atoms with Crippen molar-refractivity contribution in [3.8, 4) is 11.4 Å². The summed E-state index contributed by atoms with van der Waals surface area (Å²) in [5.74, 6) is 0.309. The smallest absolute Gasteiger partial charge is 0.433 e. The summed E-state index contributed by atoms with van der Waals surface area (Å²) in [7, 11) is -2.50. The molecule has 4 aromatic rings. The number of alkyl halides is 3. The van der Waals surface area contributed by atoms with Crippen LogP contribution in [0.2, 0.25) is 0 Å². The van der Waals surface area contributed by atoms with E-state index in [0.29, 0.717) is 23.3 Å². The fourth-order valence-corrected chi connectivity index (χ4v) is 4.13. The van der Waals surface area contributed by atoms with Crippen molar-refractivity contribution in [2.45, 2.75) is 18.0 Å². The van der Waals surface area contributed by atoms with Crippen molar-refractivity contribution in [1.82, 2.24) is 24.5 Å². The summed E-state index contributed by atoms with van der Waals surface area (Å²) in [5.41, 5.74) is -0.397. The second kappa shape index (κ2) is 7.82. The van der Waals surface area contributed by atoms with E-state index in [1.54, 1.807) is 32.3 Å². The molecule has 0 saturated carbocycles. The molecule has 0 aliphatic heterocycles. The van der Waals surface area contributed by atoms with Gasteiger partial charge in [-0.05, 0) is 31.2 Å². The molecular weight excluding hydrogens is 449 g/mol. The van der Waals surface area contributed by atoms with E-state index in [0.717, 1.165) is 29.3 Å². The number of hydrogen-bond acceptors (Lipinski definition) is 6. The molecule has 0 radical (unpaired) electrons. The Morgan fingerprint density at radius 1 is 1.16 bits per heavy atom. The van der Waals surface area contributed by atoms with Gasteiger partial charge in [0.2, 0.25) is 0 Å². The van der Waals surface area contributed by atoms with Gasteiger partial charge in [-0.1, -0.05) is 0 Å². The number of anilines is 1. The molecule has 168 valence electrons. The van der Waals surface area contributed by atoms with Crippen LogP contribution in [0.5, 0.6) is 5.75 Å². The third-order valence-electron chi connectivity index (χ3n) is 4.57. The molecule has 13 heteroatoms. The minimum atomic E-state index is -4.64. The van der Waals surface area contributed by atoms with Gasteiger partial charge in [0, 0.05) is 18.6 Å². The van der Waals surface area contributed by atoms with Crippen LogP contribution in [-0.2, 0) is 23.2 Å². The Labute approximate surface area is 180 Å². The van der Waals surface area contributed by atoms with Crippen molar-refractivity contribution in [1.29, 1.82) is 0 Å². The van der Waals surface area contributed by atoms with Crippen molar-refractivity contribution in [2.24, 2.45) is 7.05 Å². The highest BCUT2D eigenvalue weighted by Gasteiger charge is 2.32. The molecule has 0 aliphatic rings. The fraction of sp³-hybridized carbons (Fsp3) is 0.211. The van der Waals surface area contributed by atoms with Gasteiger partial charge in [-0.25, -0.2) is 13.1 Å². The summed E-state index contributed by atoms with van der Waals surface area (Å²) in [5, 5.41) is 8.74. The van der Waals surface area contributed by atoms with E-state index < -0.39 is 21.9 Å². The number of nitrogens with zero attached hydrogens (tertiary/aromatic N) is 5. The van der Waals surface area contributed by atoms with Gasteiger partial charge in [0.25, 0.3) is 10.0 Å². The Bertz CT molecular complexity index is 1400. The molecule has 0 fully saturated rings. The number of ether oxygens (including phenoxy) is 1. The molecule has 0 aliphatic carbocycles. The maximum atomic E-state index is 13.1. The summed E-state index contributed by atoms with van der Waals surface area (Å²) < 4.78 is 75.5. The topological polar surface area (TPSA) is 104 Å². The number of rotatable bonds is 6. The highest BCUT2D eigenvalue weighted by Crippen LogP contribution is 2.35. The highest BCUT2D eigenvalue weighted by molar-refractivity contribution is 7.92. The Balaban J connectivity index is 1.72. The van der Waals surface area contributed by atoms with E-state index in [1.807, 2.05) is 0 Å². The Hall–Kier alpha value is -3.61. The van der Waals surface area contributed by atoms with Gasteiger partial charge in [0.15, 0.2) is 0 Å². The fourth-order valence-electron chi connectivity index (χ4n) is 3.12. The van der Waals surface area contributed by atoms with Gasteiger partial charge in [0.1, 0.15) is 22.0 Å². The molecule has 0 atom stereocenters. The molecular formula is C19H17F3N6O3S. The molecule has 9 nitrogen and oxygen atoms in total. The quantitative estimate of drug-likeness (QED) is 0.467. The second-order valence-electron chi connectivity index (χ2n) is 6.70. The number of nitrogens with one attached hydrogen (secondary N) is 1. The maximum Gasteiger partial charge on any atom is 0.433 e. The number of aryl methyl sites for hydroxylation is 1. The Morgan fingerprint density at radius 3 is 2.66 bits per heavy atom. The first-order chi connectivity index (χ1) is 15.1. The minimum absolute atomic E-state index is 0.0116. The van der Waals surface area contributed by atoms with E-state index in [2.05, 4.69) is 19.9 Å². The van der Waals surface area contributed by atoms with E-state index in [1.165, 1.54) is 10.7 Å². The lowest BCUT2D eigenvalue weighted by atomic mass is 10.2. The van der Waals surface area contributed by atoms with Crippen molar-refractivity contribution < 1.29 is 26.3 Å². The lowest BCUT2D eigenvalue weighted by Gasteiger charge is -2.14. The first-order valence-electron chi connectivity index (χ1n) is 9.29. The van der Waals surface area contributed by atoms with Crippen LogP contribution >= 0.6 is 0 Å². The van der Waals surface area contributed by atoms with Crippen LogP contribution in [0.3, 0.4) is 0 Å². The van der Waals surface area contributed by atoms with Crippen molar-refractivity contribution >= 4 is 26.6 Å². The van der Waals surface area contributed by atoms with E-state index >= 15 is 0 Å². The molecule has 3 heterocycles. The zero-order valence-electron chi connectivity index (χ0n) is 16.8. The van der Waals surface area contributed by atoms with Crippen molar-refractivity contribution in [3.05, 3.63) is 54.7 Å². The van der Waals surface area contributed by atoms with Crippen LogP contribution < -0.4 is 9.46 Å². The van der Waals surface area contributed by atoms with E-state index in [-0.39, 0.29) is 16.3 Å². The molecule has 0 unspecified atom stereocenters. The van der Waals surface area contributed by atoms with Crippen LogP contribution in [0.4, 0.5) is 18.9 Å². The Morgan fingerprint density at radius 2 is 1.94 bits per heavy atom. The maximum absolute atomic E-state index is 13.1. The predicted octanol–water partition coefficient (Wildman–Crippen LogP) is 3.37. The molecule has 4 rings (SSSR count). The molecule has 0 bridgehead atoms. The van der Waals surface area contributed by atoms with Crippen LogP contribution in [0.1, 0.15) is 12.6 Å². The number of sulfonamides is 1. The first kappa shape index (κ1) is 21.6. The number of halogens is 3. The molecule has 0 saturated heterocycles. The zero-order valence-corrected chi connectivity index (χ0v) is 17.6. The molecule has 0 spiro atoms. The van der Waals surface area contributed by atoms with Gasteiger partial charge in [-0.3, -0.25) is 14.4 Å². The van der Waals surface area contributed by atoms with Gasteiger partial charge < -0.3 is 4.74 Å². The number of aromatic nitrogens is 5. The first-order valence-corrected chi connectivity index (χ1v) is 10.8. The summed E-state index contributed by atoms with van der Waals surface area (Å²) in [4.78, 5) is 3.04. The number of fused-ring (bicyclic) bond motifs is 1. The van der Waals surface area contributed by atoms with Crippen LogP contribution in [0, 0.1) is 0 Å². The molecule has 0 amide bonds. The molecule has 1 aromatic carbocycles. The molecule has 1 N–H and O–H groups in total. The molecule has 32 heavy (non-hydrogen) atoms. The average molecular weight is 466 g/mol. The van der Waals surface area contributed by atoms with Crippen LogP contribution in [-0.4, -0.2) is 39.6 Å². The van der Waals surface area contributed by atoms with Gasteiger partial charge in [-0.2, -0.15) is 23.4 Å². The largest absolute Gasteiger partial charge is 0.492 e. The predicted molar refractivity (Wildman–Crippen MR) is 109 cm³/mol. The van der Waals surface area contributed by atoms with Gasteiger partial charge in [0.05, 0.1) is 36.4 Å². The van der Waals surface area contributed by atoms with Gasteiger partial charge in [-0.15, -0.1) is 0 Å². The molecule has 3 aromatic heterocycles. The van der Waals surface area contributed by atoms with Crippen molar-refractivity contribution in [2.75, 3.05) is 11.3 Å². The SMILES string of the molecule is CCOc1ccc2cnn(C)c2c1NS(=O)(=O)c1cnn(-c2ccnc(C(F)(F)F)c2)c1. The lowest BCUT2D eigenvalue weighted by Crippen LogP contribution is -2.14. The van der Waals surface area contributed by atoms with Crippen molar-refractivity contribution in [3.63, 3.8) is 0 Å². The van der Waals surface area contributed by atoms with E-state index in [4.69, 9.17) is 4.74 Å². The monoisotopic (exact) mass is 466 g/mol. The zero-order chi connectivity index (χ0) is 23.1. The minimum Gasteiger partial charge on any atom is -0.492 e. The lowest BCUT2D eigenvalue weighted by molar-refractivity contribution is -0.141. The van der Waals surface area contributed by atoms with Gasteiger partial charge >= 0.3 is 6.18 Å². The summed E-state index contributed by atoms with van der Waals surface area (Å²) in [6.45, 7) is 2.07. The number of benzene rings is 1. The highest BCUT2D eigenvalue weighted by atomic mass is 32.2. The normalized spacial score (nSPS) is 12.3. The average Bonchev–Trinajstić information content (AvgIpc) is 3.37. The van der Waals surface area contributed by atoms with E-state index in [9.17, 15) is 21.6 Å². The summed E-state index contributed by atoms with van der Waals surface area (Å²) >= 11 is 0.